The van der Waals surface area contributed by atoms with Gasteiger partial charge in [-0.3, -0.25) is 4.79 Å². The Bertz CT molecular complexity index is 756. The van der Waals surface area contributed by atoms with Gasteiger partial charge in [0.25, 0.3) is 0 Å². The van der Waals surface area contributed by atoms with E-state index < -0.39 is 0 Å². The van der Waals surface area contributed by atoms with E-state index in [0.29, 0.717) is 18.0 Å². The zero-order valence-electron chi connectivity index (χ0n) is 14.2. The van der Waals surface area contributed by atoms with Gasteiger partial charge in [-0.15, -0.1) is 11.8 Å². The van der Waals surface area contributed by atoms with Crippen LogP contribution in [0.15, 0.2) is 45.8 Å². The minimum atomic E-state index is -0.0359. The van der Waals surface area contributed by atoms with Gasteiger partial charge in [-0.25, -0.2) is 0 Å². The van der Waals surface area contributed by atoms with Crippen molar-refractivity contribution in [3.63, 3.8) is 0 Å². The molecular weight excluding hydrogens is 402 g/mol. The average molecular weight is 422 g/mol. The third kappa shape index (κ3) is 4.12. The molecule has 6 heteroatoms. The van der Waals surface area contributed by atoms with Crippen molar-refractivity contribution in [1.29, 1.82) is 0 Å². The van der Waals surface area contributed by atoms with Gasteiger partial charge in [-0.2, -0.15) is 0 Å². The zero-order chi connectivity index (χ0) is 17.8. The highest BCUT2D eigenvalue weighted by atomic mass is 79.9. The van der Waals surface area contributed by atoms with Crippen LogP contribution in [0.3, 0.4) is 0 Å². The molecule has 1 N–H and O–H groups in total. The normalized spacial score (nSPS) is 15.6. The van der Waals surface area contributed by atoms with Crippen molar-refractivity contribution in [3.8, 4) is 11.5 Å². The van der Waals surface area contributed by atoms with E-state index in [1.165, 1.54) is 10.5 Å². The third-order valence-electron chi connectivity index (χ3n) is 4.19. The molecule has 1 aliphatic rings. The van der Waals surface area contributed by atoms with Crippen LogP contribution in [0.25, 0.3) is 0 Å². The topological polar surface area (TPSA) is 47.6 Å². The molecule has 0 fully saturated rings. The monoisotopic (exact) mass is 421 g/mol. The fraction of sp³-hybridized carbons (Fsp3) is 0.316. The van der Waals surface area contributed by atoms with E-state index in [-0.39, 0.29) is 11.2 Å². The van der Waals surface area contributed by atoms with Crippen molar-refractivity contribution in [2.24, 2.45) is 0 Å². The first-order valence-corrected chi connectivity index (χ1v) is 9.72. The average Bonchev–Trinajstić information content (AvgIpc) is 3.06. The van der Waals surface area contributed by atoms with Crippen LogP contribution >= 0.6 is 27.7 Å². The van der Waals surface area contributed by atoms with Gasteiger partial charge >= 0.3 is 0 Å². The van der Waals surface area contributed by atoms with Crippen LogP contribution in [0.1, 0.15) is 11.1 Å². The Hall–Kier alpha value is -1.66. The zero-order valence-corrected chi connectivity index (χ0v) is 16.6. The van der Waals surface area contributed by atoms with Crippen LogP contribution in [-0.2, 0) is 17.6 Å². The molecule has 4 nitrogen and oxygen atoms in total. The van der Waals surface area contributed by atoms with Crippen molar-refractivity contribution in [3.05, 3.63) is 52.0 Å². The number of halogens is 1. The van der Waals surface area contributed by atoms with Gasteiger partial charge in [0.2, 0.25) is 5.91 Å². The Kier molecular flexibility index (Phi) is 5.91. The standard InChI is InChI=1S/C19H20BrNO3S/c1-23-15-9-12(14(20)11-16(15)24-2)7-8-21-19(22)18-10-13-5-3-4-6-17(13)25-18/h3-6,9,11,18H,7-8,10H2,1-2H3,(H,21,22)/t18-/m0/s1. The minimum absolute atomic E-state index is 0.0359. The van der Waals surface area contributed by atoms with Crippen molar-refractivity contribution in [2.75, 3.05) is 20.8 Å². The maximum Gasteiger partial charge on any atom is 0.233 e. The first-order valence-electron chi connectivity index (χ1n) is 8.05. The quantitative estimate of drug-likeness (QED) is 0.769. The summed E-state index contributed by atoms with van der Waals surface area (Å²) in [7, 11) is 3.23. The number of benzene rings is 2. The van der Waals surface area contributed by atoms with Gasteiger partial charge in [0.1, 0.15) is 0 Å². The first-order chi connectivity index (χ1) is 12.1. The summed E-state index contributed by atoms with van der Waals surface area (Å²) >= 11 is 5.20. The summed E-state index contributed by atoms with van der Waals surface area (Å²) in [5.74, 6) is 1.47. The molecule has 2 aromatic rings. The number of amides is 1. The minimum Gasteiger partial charge on any atom is -0.493 e. The molecule has 25 heavy (non-hydrogen) atoms. The second-order valence-corrected chi connectivity index (χ2v) is 7.86. The number of nitrogens with one attached hydrogen (secondary N) is 1. The number of ether oxygens (including phenoxy) is 2. The summed E-state index contributed by atoms with van der Waals surface area (Å²) in [5, 5.41) is 3.01. The third-order valence-corrected chi connectivity index (χ3v) is 6.24. The van der Waals surface area contributed by atoms with Gasteiger partial charge in [0.05, 0.1) is 19.5 Å². The lowest BCUT2D eigenvalue weighted by molar-refractivity contribution is -0.120. The maximum atomic E-state index is 12.4. The van der Waals surface area contributed by atoms with Crippen molar-refractivity contribution >= 4 is 33.6 Å². The molecule has 3 rings (SSSR count). The molecule has 0 unspecified atom stereocenters. The number of fused-ring (bicyclic) bond motifs is 1. The number of carbonyl (C=O) groups is 1. The summed E-state index contributed by atoms with van der Waals surface area (Å²) in [6.45, 7) is 0.584. The largest absolute Gasteiger partial charge is 0.493 e. The summed E-state index contributed by atoms with van der Waals surface area (Å²) < 4.78 is 11.6. The fourth-order valence-electron chi connectivity index (χ4n) is 2.85. The molecule has 1 atom stereocenters. The number of thioether (sulfide) groups is 1. The van der Waals surface area contributed by atoms with Gasteiger partial charge in [-0.05, 0) is 42.2 Å². The van der Waals surface area contributed by atoms with E-state index in [2.05, 4.69) is 33.4 Å². The number of carbonyl (C=O) groups excluding carboxylic acids is 1. The van der Waals surface area contributed by atoms with Gasteiger partial charge in [0, 0.05) is 15.9 Å². The van der Waals surface area contributed by atoms with Crippen LogP contribution in [-0.4, -0.2) is 31.9 Å². The van der Waals surface area contributed by atoms with Crippen molar-refractivity contribution in [1.82, 2.24) is 5.32 Å². The van der Waals surface area contributed by atoms with Crippen LogP contribution < -0.4 is 14.8 Å². The predicted octanol–water partition coefficient (Wildman–Crippen LogP) is 3.84. The highest BCUT2D eigenvalue weighted by Gasteiger charge is 2.27. The van der Waals surface area contributed by atoms with Gasteiger partial charge in [0.15, 0.2) is 11.5 Å². The number of rotatable bonds is 6. The molecule has 0 aliphatic carbocycles. The Morgan fingerprint density at radius 3 is 2.68 bits per heavy atom. The van der Waals surface area contributed by atoms with Gasteiger partial charge in [-0.1, -0.05) is 34.1 Å². The lowest BCUT2D eigenvalue weighted by atomic mass is 10.1. The Labute approximate surface area is 160 Å². The summed E-state index contributed by atoms with van der Waals surface area (Å²) in [4.78, 5) is 13.6. The number of hydrogen-bond donors (Lipinski definition) is 1. The van der Waals surface area contributed by atoms with Crippen LogP contribution in [0.4, 0.5) is 0 Å². The Balaban J connectivity index is 1.56. The lowest BCUT2D eigenvalue weighted by Crippen LogP contribution is -2.33. The maximum absolute atomic E-state index is 12.4. The molecule has 0 saturated heterocycles. The lowest BCUT2D eigenvalue weighted by Gasteiger charge is -2.13. The molecule has 1 heterocycles. The van der Waals surface area contributed by atoms with E-state index >= 15 is 0 Å². The highest BCUT2D eigenvalue weighted by molar-refractivity contribution is 9.10. The second-order valence-electron chi connectivity index (χ2n) is 5.76. The first kappa shape index (κ1) is 18.1. The number of hydrogen-bond acceptors (Lipinski definition) is 4. The second kappa shape index (κ2) is 8.15. The molecule has 0 radical (unpaired) electrons. The summed E-state index contributed by atoms with van der Waals surface area (Å²) in [6.07, 6.45) is 1.52. The SMILES string of the molecule is COc1cc(Br)c(CCNC(=O)[C@@H]2Cc3ccccc3S2)cc1OC. The molecular formula is C19H20BrNO3S. The van der Waals surface area contributed by atoms with E-state index in [4.69, 9.17) is 9.47 Å². The summed E-state index contributed by atoms with van der Waals surface area (Å²) in [5.41, 5.74) is 2.33. The molecule has 132 valence electrons. The molecule has 1 amide bonds. The van der Waals surface area contributed by atoms with E-state index in [0.717, 1.165) is 22.9 Å². The fourth-order valence-corrected chi connectivity index (χ4v) is 4.59. The predicted molar refractivity (Wildman–Crippen MR) is 104 cm³/mol. The van der Waals surface area contributed by atoms with Crippen LogP contribution in [0, 0.1) is 0 Å². The highest BCUT2D eigenvalue weighted by Crippen LogP contribution is 2.37. The molecule has 0 spiro atoms. The van der Waals surface area contributed by atoms with E-state index in [9.17, 15) is 4.79 Å². The molecule has 0 bridgehead atoms. The van der Waals surface area contributed by atoms with Crippen molar-refractivity contribution in [2.45, 2.75) is 23.0 Å². The Morgan fingerprint density at radius 1 is 1.24 bits per heavy atom. The van der Waals surface area contributed by atoms with Crippen LogP contribution in [0.2, 0.25) is 0 Å². The Morgan fingerprint density at radius 2 is 1.96 bits per heavy atom. The summed E-state index contributed by atoms with van der Waals surface area (Å²) in [6, 6.07) is 12.0. The molecule has 1 aliphatic heterocycles. The van der Waals surface area contributed by atoms with E-state index in [1.807, 2.05) is 24.3 Å². The van der Waals surface area contributed by atoms with Crippen molar-refractivity contribution < 1.29 is 14.3 Å². The smallest absolute Gasteiger partial charge is 0.233 e. The number of methoxy groups -OCH3 is 2. The molecule has 2 aromatic carbocycles. The van der Waals surface area contributed by atoms with Crippen LogP contribution in [0.5, 0.6) is 11.5 Å². The van der Waals surface area contributed by atoms with E-state index in [1.54, 1.807) is 26.0 Å². The molecule has 0 saturated carbocycles. The van der Waals surface area contributed by atoms with Gasteiger partial charge < -0.3 is 14.8 Å². The molecule has 0 aromatic heterocycles.